The van der Waals surface area contributed by atoms with Crippen LogP contribution in [-0.4, -0.2) is 280 Å². The summed E-state index contributed by atoms with van der Waals surface area (Å²) in [5, 5.41) is 0. The van der Waals surface area contributed by atoms with Crippen molar-refractivity contribution in [1.82, 2.24) is 0 Å². The van der Waals surface area contributed by atoms with Crippen LogP contribution in [-0.2, 0) is 79.0 Å². The molecule has 702 valence electrons. The molecular weight excluding hydrogens is 1760 g/mol. The van der Waals surface area contributed by atoms with Gasteiger partial charge in [-0.1, -0.05) is 152 Å². The summed E-state index contributed by atoms with van der Waals surface area (Å²) < 4.78 is 118. The van der Waals surface area contributed by atoms with E-state index >= 15 is 0 Å². The molecule has 3 heterocycles. The molecule has 0 spiro atoms. The Kier molecular flexibility index (Phi) is 88.7. The van der Waals surface area contributed by atoms with Gasteiger partial charge in [-0.05, 0) is 176 Å². The van der Waals surface area contributed by atoms with Crippen LogP contribution in [0.3, 0.4) is 0 Å². The van der Waals surface area contributed by atoms with Crippen molar-refractivity contribution in [2.24, 2.45) is 47.3 Å². The molecule has 3 aliphatic rings. The van der Waals surface area contributed by atoms with Crippen molar-refractivity contribution >= 4 is 166 Å². The molecule has 8 unspecified atom stereocenters. The fourth-order valence-corrected chi connectivity index (χ4v) is 57.0. The van der Waals surface area contributed by atoms with Crippen LogP contribution in [0.15, 0.2) is 0 Å². The maximum atomic E-state index is 12.0. The maximum absolute atomic E-state index is 12.0. The molecule has 36 heteroatoms. The van der Waals surface area contributed by atoms with Crippen molar-refractivity contribution in [1.29, 1.82) is 0 Å². The van der Waals surface area contributed by atoms with Gasteiger partial charge in [-0.3, -0.25) is 0 Å². The first-order valence-corrected chi connectivity index (χ1v) is 69.6. The SMILES string of the molecule is CCCSCCOCCC(C)C.CCCSCCOCCC(C)C.CCSCCOCCC(C)C.CCSCCOCCC(C)C.CC[SiH]1O[SiH](CCSCCOCCC(C)C)O[Si]2(CCSCCOCCC(C)C)O[Si](CC)(O1)O[Si]1(C)O[Si](C)(O)O[SiH](CCSCCOCCC(C)C)O[Si](CCSCCOCCC(C)C)(O1)O2.O. The van der Waals surface area contributed by atoms with Gasteiger partial charge in [0.15, 0.2) is 0 Å². The lowest BCUT2D eigenvalue weighted by molar-refractivity contribution is 0.0502. The van der Waals surface area contributed by atoms with E-state index in [2.05, 4.69) is 145 Å². The summed E-state index contributed by atoms with van der Waals surface area (Å²) in [5.41, 5.74) is 0. The Hall–Kier alpha value is 3.74. The Labute approximate surface area is 759 Å². The van der Waals surface area contributed by atoms with Crippen molar-refractivity contribution in [3.05, 3.63) is 0 Å². The average molecular weight is 1950 g/mol. The largest absolute Gasteiger partial charge is 0.478 e. The number of hydrogen-bond acceptors (Lipinski definition) is 27. The second-order valence-corrected chi connectivity index (χ2v) is 65.4. The van der Waals surface area contributed by atoms with Crippen LogP contribution in [0.4, 0.5) is 0 Å². The van der Waals surface area contributed by atoms with E-state index in [0.717, 1.165) is 199 Å². The van der Waals surface area contributed by atoms with Gasteiger partial charge in [0.2, 0.25) is 0 Å². The zero-order chi connectivity index (χ0) is 86.2. The molecule has 0 aromatic heterocycles. The van der Waals surface area contributed by atoms with E-state index in [0.29, 0.717) is 85.2 Å². The number of fused-ring (bicyclic) bond motifs is 4. The summed E-state index contributed by atoms with van der Waals surface area (Å²) in [6.07, 6.45) is 11.5. The van der Waals surface area contributed by atoms with Crippen LogP contribution < -0.4 is 0 Å². The highest BCUT2D eigenvalue weighted by Gasteiger charge is 2.70. The molecular formula is C80H182O20S8Si8. The third-order valence-electron chi connectivity index (χ3n) is 16.9. The molecule has 3 rings (SSSR count). The zero-order valence-corrected chi connectivity index (χ0v) is 93.3. The van der Waals surface area contributed by atoms with Gasteiger partial charge in [-0.2, -0.15) is 94.1 Å². The van der Waals surface area contributed by atoms with E-state index in [1.807, 2.05) is 84.0 Å². The predicted molar refractivity (Wildman–Crippen MR) is 532 cm³/mol. The third-order valence-corrected chi connectivity index (χ3v) is 57.3. The zero-order valence-electron chi connectivity index (χ0n) is 78.4. The normalized spacial score (nSPS) is 22.3. The summed E-state index contributed by atoms with van der Waals surface area (Å²) in [6, 6.07) is 3.46. The van der Waals surface area contributed by atoms with Crippen molar-refractivity contribution < 1.29 is 89.3 Å². The van der Waals surface area contributed by atoms with Crippen LogP contribution in [0.2, 0.25) is 49.4 Å². The van der Waals surface area contributed by atoms with Gasteiger partial charge in [-0.15, -0.1) is 0 Å². The molecule has 8 atom stereocenters. The molecule has 116 heavy (non-hydrogen) atoms. The minimum atomic E-state index is -3.88. The van der Waals surface area contributed by atoms with Crippen LogP contribution >= 0.6 is 94.1 Å². The fraction of sp³-hybridized carbons (Fsp3) is 1.00. The average Bonchev–Trinajstić information content (AvgIpc) is 0.734. The number of ether oxygens (including phenoxy) is 8. The van der Waals surface area contributed by atoms with E-state index in [1.54, 1.807) is 30.1 Å². The van der Waals surface area contributed by atoms with Gasteiger partial charge in [0, 0.05) is 130 Å². The van der Waals surface area contributed by atoms with Gasteiger partial charge in [-0.25, -0.2) is 0 Å². The summed E-state index contributed by atoms with van der Waals surface area (Å²) in [7, 11) is -26.7. The topological polar surface area (TPSA) is 218 Å². The first kappa shape index (κ1) is 124. The molecule has 0 amide bonds. The highest BCUT2D eigenvalue weighted by Crippen LogP contribution is 2.43. The lowest BCUT2D eigenvalue weighted by atomic mass is 10.1. The molecule has 0 aromatic rings. The Balaban J connectivity index is -0.00000216. The van der Waals surface area contributed by atoms with Gasteiger partial charge < -0.3 is 89.3 Å². The Morgan fingerprint density at radius 2 is 0.543 bits per heavy atom. The second kappa shape index (κ2) is 83.1. The lowest BCUT2D eigenvalue weighted by Gasteiger charge is -2.53. The minimum absolute atomic E-state index is 0. The van der Waals surface area contributed by atoms with Crippen LogP contribution in [0.5, 0.6) is 0 Å². The molecule has 3 N–H and O–H groups in total. The highest BCUT2D eigenvalue weighted by molar-refractivity contribution is 8.00. The first-order valence-electron chi connectivity index (χ1n) is 44.8. The first-order chi connectivity index (χ1) is 54.9. The van der Waals surface area contributed by atoms with Gasteiger partial charge in [0.05, 0.1) is 52.9 Å². The van der Waals surface area contributed by atoms with Gasteiger partial charge >= 0.3 is 71.9 Å². The fourth-order valence-electron chi connectivity index (χ4n) is 10.00. The molecule has 0 aromatic carbocycles. The quantitative estimate of drug-likeness (QED) is 0.0442. The van der Waals surface area contributed by atoms with Gasteiger partial charge in [0.1, 0.15) is 0 Å². The smallest absolute Gasteiger partial charge is 0.420 e. The number of hydrogen-bond donors (Lipinski definition) is 1. The Bertz CT molecular complexity index is 2040. The summed E-state index contributed by atoms with van der Waals surface area (Å²) in [6.45, 7) is 65.2. The van der Waals surface area contributed by atoms with E-state index in [-0.39, 0.29) is 5.48 Å². The molecule has 3 saturated heterocycles. The maximum Gasteiger partial charge on any atom is 0.478 e. The molecule has 0 aliphatic carbocycles. The Morgan fingerprint density at radius 1 is 0.284 bits per heavy atom. The highest BCUT2D eigenvalue weighted by atomic mass is 32.2. The monoisotopic (exact) mass is 1940 g/mol. The molecule has 20 nitrogen and oxygen atoms in total. The lowest BCUT2D eigenvalue weighted by Crippen LogP contribution is -2.77. The van der Waals surface area contributed by atoms with Crippen LogP contribution in [0.25, 0.3) is 0 Å². The van der Waals surface area contributed by atoms with E-state index in [4.69, 9.17) is 79.0 Å². The molecule has 3 aliphatic heterocycles. The number of rotatable bonds is 68. The molecule has 3 fully saturated rings. The number of thioether (sulfide) groups is 8. The van der Waals surface area contributed by atoms with Crippen molar-refractivity contribution in [3.8, 4) is 0 Å². The molecule has 4 bridgehead atoms. The predicted octanol–water partition coefficient (Wildman–Crippen LogP) is 20.2. The second-order valence-electron chi connectivity index (χ2n) is 32.5. The summed E-state index contributed by atoms with van der Waals surface area (Å²) in [4.78, 5) is 12.0. The van der Waals surface area contributed by atoms with Crippen molar-refractivity contribution in [2.75, 3.05) is 198 Å². The van der Waals surface area contributed by atoms with Crippen LogP contribution in [0.1, 0.15) is 217 Å². The van der Waals surface area contributed by atoms with Crippen molar-refractivity contribution in [3.63, 3.8) is 0 Å². The van der Waals surface area contributed by atoms with E-state index in [9.17, 15) is 4.80 Å². The standard InChI is InChI=1S/C42H96O15S4Si8.2C10H22OS.2C9H20OS.H2O/c1-13-62-48-63(35-31-58-27-23-44-19-15-39(3)4)51-69(38-34-61-30-26-47-22-18-42(9)10)56-67(14-2,50-62)54-66(12)53-65(11,43)49-64(36-32-59-28-24-45-20-16-40(5)6)52-68(55-66,57-69)37-33-60-29-25-46-21-17-41(7)8;2*1-4-8-12-9-7-11-6-5-10(2)3;2*1-4-11-8-7-10-6-5-9(2)3;/h39-43,62-64H,13-38H2,1-12H3;2*10H,4-9H2,1-3H3;2*9H,4-8H2,1-3H3;1H2. The Morgan fingerprint density at radius 3 is 0.836 bits per heavy atom. The third kappa shape index (κ3) is 78.7. The van der Waals surface area contributed by atoms with Crippen molar-refractivity contribution in [2.45, 2.75) is 266 Å². The van der Waals surface area contributed by atoms with E-state index in [1.165, 1.54) is 61.5 Å². The van der Waals surface area contributed by atoms with Gasteiger partial charge in [0.25, 0.3) is 0 Å². The van der Waals surface area contributed by atoms with Crippen LogP contribution in [0, 0.1) is 47.3 Å². The minimum Gasteiger partial charge on any atom is -0.420 e. The molecule has 0 saturated carbocycles. The summed E-state index contributed by atoms with van der Waals surface area (Å²) >= 11 is 15.1. The summed E-state index contributed by atoms with van der Waals surface area (Å²) in [5.74, 6) is 21.5. The molecule has 0 radical (unpaired) electrons. The van der Waals surface area contributed by atoms with E-state index < -0.39 is 71.9 Å².